The maximum absolute atomic E-state index is 13.9. The second-order valence-corrected chi connectivity index (χ2v) is 13.1. The molecule has 0 spiro atoms. The van der Waals surface area contributed by atoms with Crippen LogP contribution in [0.25, 0.3) is 15.6 Å². The van der Waals surface area contributed by atoms with Crippen molar-refractivity contribution < 1.29 is 13.9 Å². The van der Waals surface area contributed by atoms with Crippen molar-refractivity contribution in [3.8, 4) is 6.01 Å². The number of anilines is 2. The SMILES string of the molecule is [C-]#[N+]C[C@H]1CN(c2nc(OCCN(C)[C@@H](C)C3CCC3)nc3c2CCN(c2cccc4cccc(Cl)c24)C3)CCN1C(=O)C(=C)F. The molecule has 0 bridgehead atoms. The van der Waals surface area contributed by atoms with Gasteiger partial charge in [-0.15, -0.1) is 0 Å². The lowest BCUT2D eigenvalue weighted by Crippen LogP contribution is -2.57. The topological polar surface area (TPSA) is 69.4 Å². The minimum absolute atomic E-state index is 0.0628. The Bertz CT molecular complexity index is 1650. The molecule has 1 saturated carbocycles. The van der Waals surface area contributed by atoms with Crippen molar-refractivity contribution in [2.75, 3.05) is 62.7 Å². The number of fused-ring (bicyclic) bond motifs is 2. The molecule has 2 aromatic carbocycles. The van der Waals surface area contributed by atoms with Gasteiger partial charge in [0.05, 0.1) is 17.3 Å². The number of likely N-dealkylation sites (N-methyl/N-ethyl adjacent to an activating group) is 1. The van der Waals surface area contributed by atoms with Crippen molar-refractivity contribution in [1.29, 1.82) is 0 Å². The van der Waals surface area contributed by atoms with Gasteiger partial charge in [0.1, 0.15) is 18.5 Å². The molecule has 0 unspecified atom stereocenters. The van der Waals surface area contributed by atoms with E-state index < -0.39 is 17.8 Å². The minimum Gasteiger partial charge on any atom is -0.462 e. The van der Waals surface area contributed by atoms with Crippen LogP contribution in [0.15, 0.2) is 48.8 Å². The third-order valence-corrected chi connectivity index (χ3v) is 10.3. The first-order valence-electron chi connectivity index (χ1n) is 16.1. The summed E-state index contributed by atoms with van der Waals surface area (Å²) in [7, 11) is 2.14. The molecule has 11 heteroatoms. The Morgan fingerprint density at radius 3 is 2.70 bits per heavy atom. The van der Waals surface area contributed by atoms with E-state index in [0.29, 0.717) is 49.7 Å². The zero-order valence-electron chi connectivity index (χ0n) is 26.6. The number of benzene rings is 2. The zero-order chi connectivity index (χ0) is 32.4. The van der Waals surface area contributed by atoms with E-state index in [0.717, 1.165) is 52.5 Å². The fourth-order valence-electron chi connectivity index (χ4n) is 6.96. The van der Waals surface area contributed by atoms with E-state index in [2.05, 4.69) is 64.4 Å². The van der Waals surface area contributed by atoms with Crippen molar-refractivity contribution >= 4 is 39.8 Å². The molecule has 242 valence electrons. The van der Waals surface area contributed by atoms with E-state index in [9.17, 15) is 9.18 Å². The predicted octanol–water partition coefficient (Wildman–Crippen LogP) is 5.76. The van der Waals surface area contributed by atoms with E-state index in [1.807, 2.05) is 12.1 Å². The van der Waals surface area contributed by atoms with Crippen LogP contribution in [0, 0.1) is 12.5 Å². The zero-order valence-corrected chi connectivity index (χ0v) is 27.3. The molecule has 3 aromatic rings. The van der Waals surface area contributed by atoms with Gasteiger partial charge in [0, 0.05) is 55.4 Å². The number of amides is 1. The lowest BCUT2D eigenvalue weighted by molar-refractivity contribution is -0.131. The van der Waals surface area contributed by atoms with Gasteiger partial charge in [-0.25, -0.2) is 11.0 Å². The first-order valence-corrected chi connectivity index (χ1v) is 16.5. The lowest BCUT2D eigenvalue weighted by atomic mass is 9.80. The van der Waals surface area contributed by atoms with Gasteiger partial charge in [0.25, 0.3) is 5.91 Å². The van der Waals surface area contributed by atoms with Gasteiger partial charge < -0.3 is 29.2 Å². The highest BCUT2D eigenvalue weighted by Gasteiger charge is 2.36. The Kier molecular flexibility index (Phi) is 9.62. The van der Waals surface area contributed by atoms with Crippen molar-refractivity contribution in [3.05, 3.63) is 76.5 Å². The second kappa shape index (κ2) is 13.8. The summed E-state index contributed by atoms with van der Waals surface area (Å²) in [4.78, 5) is 34.2. The molecular formula is C35H41ClFN7O2. The summed E-state index contributed by atoms with van der Waals surface area (Å²) < 4.78 is 20.1. The van der Waals surface area contributed by atoms with Crippen LogP contribution in [0.2, 0.25) is 5.02 Å². The summed E-state index contributed by atoms with van der Waals surface area (Å²) in [6.45, 7) is 16.6. The smallest absolute Gasteiger partial charge is 0.318 e. The maximum atomic E-state index is 13.9. The standard InChI is InChI=1S/C35H41ClFN7O2/c1-23(37)34(45)44-17-16-43(21-27(44)20-38-3)33-28-14-15-42(31-13-7-11-26-10-6-12-29(36)32(26)31)22-30(28)39-35(40-33)46-19-18-41(4)24(2)25-8-5-9-25/h6-7,10-13,24-25,27H,1,5,8-9,14-22H2,2,4H3/t24-,27-/m0/s1. The van der Waals surface area contributed by atoms with Crippen LogP contribution in [-0.4, -0.2) is 90.7 Å². The molecule has 6 rings (SSSR count). The first kappa shape index (κ1) is 32.0. The number of halogens is 2. The fourth-order valence-corrected chi connectivity index (χ4v) is 7.24. The molecule has 2 fully saturated rings. The third kappa shape index (κ3) is 6.49. The second-order valence-electron chi connectivity index (χ2n) is 12.6. The number of rotatable bonds is 10. The van der Waals surface area contributed by atoms with Crippen LogP contribution >= 0.6 is 11.6 Å². The van der Waals surface area contributed by atoms with Gasteiger partial charge in [0.15, 0.2) is 5.83 Å². The molecule has 1 aliphatic carbocycles. The fraction of sp³-hybridized carbons (Fsp3) is 0.486. The first-order chi connectivity index (χ1) is 22.2. The monoisotopic (exact) mass is 645 g/mol. The molecule has 2 atom stereocenters. The van der Waals surface area contributed by atoms with Gasteiger partial charge in [0.2, 0.25) is 6.54 Å². The number of hydrogen-bond acceptors (Lipinski definition) is 7. The molecule has 2 aliphatic heterocycles. The van der Waals surface area contributed by atoms with E-state index in [1.165, 1.54) is 24.2 Å². The minimum atomic E-state index is -1.01. The van der Waals surface area contributed by atoms with Crippen molar-refractivity contribution in [1.82, 2.24) is 19.8 Å². The van der Waals surface area contributed by atoms with Gasteiger partial charge >= 0.3 is 6.01 Å². The van der Waals surface area contributed by atoms with E-state index in [-0.39, 0.29) is 13.1 Å². The number of aromatic nitrogens is 2. The van der Waals surface area contributed by atoms with Crippen LogP contribution in [-0.2, 0) is 17.8 Å². The molecule has 1 amide bonds. The Hall–Kier alpha value is -3.94. The average Bonchev–Trinajstić information content (AvgIpc) is 3.03. The highest BCUT2D eigenvalue weighted by atomic mass is 35.5. The lowest BCUT2D eigenvalue weighted by Gasteiger charge is -2.41. The quantitative estimate of drug-likeness (QED) is 0.205. The van der Waals surface area contributed by atoms with Crippen LogP contribution in [0.3, 0.4) is 0 Å². The van der Waals surface area contributed by atoms with Crippen molar-refractivity contribution in [3.63, 3.8) is 0 Å². The molecule has 46 heavy (non-hydrogen) atoms. The highest BCUT2D eigenvalue weighted by Crippen LogP contribution is 2.37. The molecule has 9 nitrogen and oxygen atoms in total. The van der Waals surface area contributed by atoms with Crippen molar-refractivity contribution in [2.45, 2.75) is 51.2 Å². The molecule has 0 N–H and O–H groups in total. The van der Waals surface area contributed by atoms with Crippen molar-refractivity contribution in [2.24, 2.45) is 5.92 Å². The van der Waals surface area contributed by atoms with E-state index >= 15 is 0 Å². The van der Waals surface area contributed by atoms with Gasteiger partial charge in [-0.2, -0.15) is 9.97 Å². The summed E-state index contributed by atoms with van der Waals surface area (Å²) in [6.07, 6.45) is 4.58. The molecule has 1 saturated heterocycles. The molecule has 0 radical (unpaired) electrons. The number of carbonyl (C=O) groups is 1. The van der Waals surface area contributed by atoms with E-state index in [4.69, 9.17) is 32.9 Å². The van der Waals surface area contributed by atoms with Crippen LogP contribution in [0.1, 0.15) is 37.4 Å². The number of piperazine rings is 1. The maximum Gasteiger partial charge on any atom is 0.318 e. The Morgan fingerprint density at radius 2 is 1.98 bits per heavy atom. The van der Waals surface area contributed by atoms with E-state index in [1.54, 1.807) is 0 Å². The molecule has 3 aliphatic rings. The van der Waals surface area contributed by atoms with Crippen LogP contribution < -0.4 is 14.5 Å². The predicted molar refractivity (Wildman–Crippen MR) is 180 cm³/mol. The Labute approximate surface area is 275 Å². The summed E-state index contributed by atoms with van der Waals surface area (Å²) in [5, 5.41) is 2.81. The number of carbonyl (C=O) groups excluding carboxylic acids is 1. The summed E-state index contributed by atoms with van der Waals surface area (Å²) in [5.41, 5.74) is 2.96. The van der Waals surface area contributed by atoms with Gasteiger partial charge in [-0.1, -0.05) is 48.9 Å². The van der Waals surface area contributed by atoms with Gasteiger partial charge in [-0.05, 0) is 56.7 Å². The molecule has 3 heterocycles. The largest absolute Gasteiger partial charge is 0.462 e. The van der Waals surface area contributed by atoms with Gasteiger partial charge in [-0.3, -0.25) is 4.79 Å². The number of hydrogen-bond donors (Lipinski definition) is 0. The Morgan fingerprint density at radius 1 is 1.20 bits per heavy atom. The summed E-state index contributed by atoms with van der Waals surface area (Å²) >= 11 is 6.70. The Balaban J connectivity index is 1.29. The number of nitrogens with zero attached hydrogens (tertiary/aromatic N) is 7. The highest BCUT2D eigenvalue weighted by molar-refractivity contribution is 6.36. The third-order valence-electron chi connectivity index (χ3n) is 9.97. The number of ether oxygens (including phenoxy) is 1. The summed E-state index contributed by atoms with van der Waals surface area (Å²) in [6, 6.07) is 12.5. The summed E-state index contributed by atoms with van der Waals surface area (Å²) in [5.74, 6) is -0.267. The van der Waals surface area contributed by atoms with Crippen LogP contribution in [0.4, 0.5) is 15.9 Å². The average molecular weight is 646 g/mol. The molecule has 1 aromatic heterocycles. The normalized spacial score (nSPS) is 19.0. The molecular weight excluding hydrogens is 605 g/mol. The van der Waals surface area contributed by atoms with Crippen LogP contribution in [0.5, 0.6) is 6.01 Å².